The molecular weight excluding hydrogens is 322 g/mol. The molecule has 3 aromatic rings. The van der Waals surface area contributed by atoms with Gasteiger partial charge in [-0.05, 0) is 41.0 Å². The number of primary amides is 1. The zero-order valence-corrected chi connectivity index (χ0v) is 13.9. The van der Waals surface area contributed by atoms with Gasteiger partial charge in [0.25, 0.3) is 0 Å². The van der Waals surface area contributed by atoms with Gasteiger partial charge in [-0.2, -0.15) is 10.5 Å². The molecule has 0 radical (unpaired) electrons. The second-order valence-corrected chi connectivity index (χ2v) is 5.86. The summed E-state index contributed by atoms with van der Waals surface area (Å²) < 4.78 is 0. The van der Waals surface area contributed by atoms with Crippen LogP contribution in [-0.4, -0.2) is 5.91 Å². The van der Waals surface area contributed by atoms with Gasteiger partial charge >= 0.3 is 0 Å². The van der Waals surface area contributed by atoms with E-state index in [1.54, 1.807) is 48.5 Å². The first-order chi connectivity index (χ1) is 12.6. The van der Waals surface area contributed by atoms with E-state index >= 15 is 0 Å². The van der Waals surface area contributed by atoms with Gasteiger partial charge in [0.05, 0.1) is 23.3 Å². The summed E-state index contributed by atoms with van der Waals surface area (Å²) in [5.41, 5.74) is 7.57. The average molecular weight is 337 g/mol. The number of hydrogen-bond acceptors (Lipinski definition) is 3. The average Bonchev–Trinajstić information content (AvgIpc) is 2.70. The Morgan fingerprint density at radius 1 is 0.731 bits per heavy atom. The highest BCUT2D eigenvalue weighted by atomic mass is 16.1. The molecule has 124 valence electrons. The standard InChI is InChI=1S/C22H15N3O/c23-14-16-9-11-19(12-10-16)22(21(25)26,18-6-2-1-3-7-18)20-8-4-5-17(13-20)15-24/h1-13H,(H2,25,26). The fourth-order valence-electron chi connectivity index (χ4n) is 3.23. The van der Waals surface area contributed by atoms with Crippen molar-refractivity contribution in [2.75, 3.05) is 0 Å². The van der Waals surface area contributed by atoms with Crippen LogP contribution >= 0.6 is 0 Å². The Morgan fingerprint density at radius 2 is 1.31 bits per heavy atom. The van der Waals surface area contributed by atoms with Crippen molar-refractivity contribution in [2.24, 2.45) is 5.73 Å². The third-order valence-electron chi connectivity index (χ3n) is 4.45. The normalized spacial score (nSPS) is 12.4. The Morgan fingerprint density at radius 3 is 1.88 bits per heavy atom. The summed E-state index contributed by atoms with van der Waals surface area (Å²) in [7, 11) is 0. The quantitative estimate of drug-likeness (QED) is 0.741. The molecule has 0 saturated carbocycles. The molecule has 3 aromatic carbocycles. The predicted molar refractivity (Wildman–Crippen MR) is 97.8 cm³/mol. The van der Waals surface area contributed by atoms with E-state index in [1.807, 2.05) is 30.3 Å². The molecule has 2 N–H and O–H groups in total. The first kappa shape index (κ1) is 17.0. The highest BCUT2D eigenvalue weighted by Gasteiger charge is 2.42. The topological polar surface area (TPSA) is 90.7 Å². The zero-order valence-electron chi connectivity index (χ0n) is 13.9. The summed E-state index contributed by atoms with van der Waals surface area (Å²) in [6, 6.07) is 27.0. The second kappa shape index (κ2) is 6.93. The van der Waals surface area contributed by atoms with Crippen LogP contribution in [0, 0.1) is 22.7 Å². The molecule has 0 aliphatic heterocycles. The van der Waals surface area contributed by atoms with Gasteiger partial charge in [-0.1, -0.05) is 54.6 Å². The number of amides is 1. The monoisotopic (exact) mass is 337 g/mol. The second-order valence-electron chi connectivity index (χ2n) is 5.86. The highest BCUT2D eigenvalue weighted by molar-refractivity contribution is 5.95. The van der Waals surface area contributed by atoms with Gasteiger partial charge < -0.3 is 5.73 Å². The number of carbonyl (C=O) groups excluding carboxylic acids is 1. The van der Waals surface area contributed by atoms with E-state index in [0.29, 0.717) is 27.8 Å². The number of benzene rings is 3. The van der Waals surface area contributed by atoms with Crippen LogP contribution in [0.1, 0.15) is 27.8 Å². The molecule has 0 aliphatic rings. The van der Waals surface area contributed by atoms with Crippen LogP contribution in [0.3, 0.4) is 0 Å². The van der Waals surface area contributed by atoms with Crippen LogP contribution in [0.25, 0.3) is 0 Å². The Kier molecular flexibility index (Phi) is 4.51. The number of rotatable bonds is 4. The van der Waals surface area contributed by atoms with Gasteiger partial charge in [0.2, 0.25) is 5.91 Å². The molecule has 4 heteroatoms. The maximum atomic E-state index is 12.9. The number of nitriles is 2. The lowest BCUT2D eigenvalue weighted by atomic mass is 9.68. The molecule has 0 fully saturated rings. The van der Waals surface area contributed by atoms with Gasteiger partial charge in [-0.15, -0.1) is 0 Å². The molecule has 1 atom stereocenters. The molecule has 1 unspecified atom stereocenters. The Labute approximate surface area is 151 Å². The summed E-state index contributed by atoms with van der Waals surface area (Å²) in [6.07, 6.45) is 0. The molecular formula is C22H15N3O. The summed E-state index contributed by atoms with van der Waals surface area (Å²) in [4.78, 5) is 12.9. The van der Waals surface area contributed by atoms with Crippen molar-refractivity contribution in [3.05, 3.63) is 107 Å². The minimum absolute atomic E-state index is 0.442. The predicted octanol–water partition coefficient (Wildman–Crippen LogP) is 3.25. The van der Waals surface area contributed by atoms with Crippen LogP contribution in [0.5, 0.6) is 0 Å². The minimum Gasteiger partial charge on any atom is -0.368 e. The molecule has 0 aliphatic carbocycles. The van der Waals surface area contributed by atoms with Crippen molar-refractivity contribution in [3.63, 3.8) is 0 Å². The number of carbonyl (C=O) groups is 1. The van der Waals surface area contributed by atoms with E-state index in [0.717, 1.165) is 0 Å². The number of nitrogens with two attached hydrogens (primary N) is 1. The van der Waals surface area contributed by atoms with Gasteiger partial charge in [0.15, 0.2) is 0 Å². The van der Waals surface area contributed by atoms with Crippen molar-refractivity contribution in [1.82, 2.24) is 0 Å². The first-order valence-corrected chi connectivity index (χ1v) is 7.99. The first-order valence-electron chi connectivity index (χ1n) is 7.99. The van der Waals surface area contributed by atoms with Crippen LogP contribution in [-0.2, 0) is 10.2 Å². The lowest BCUT2D eigenvalue weighted by molar-refractivity contribution is -0.120. The maximum Gasteiger partial charge on any atom is 0.237 e. The Bertz CT molecular complexity index is 1030. The van der Waals surface area contributed by atoms with Crippen LogP contribution in [0.4, 0.5) is 0 Å². The molecule has 4 nitrogen and oxygen atoms in total. The molecule has 26 heavy (non-hydrogen) atoms. The molecule has 0 aromatic heterocycles. The van der Waals surface area contributed by atoms with Gasteiger partial charge in [-0.25, -0.2) is 0 Å². The van der Waals surface area contributed by atoms with E-state index in [4.69, 9.17) is 11.0 Å². The summed E-state index contributed by atoms with van der Waals surface area (Å²) in [5.74, 6) is -0.552. The van der Waals surface area contributed by atoms with E-state index in [-0.39, 0.29) is 0 Å². The largest absolute Gasteiger partial charge is 0.368 e. The Balaban J connectivity index is 2.38. The summed E-state index contributed by atoms with van der Waals surface area (Å²) in [6.45, 7) is 0. The van der Waals surface area contributed by atoms with Crippen molar-refractivity contribution < 1.29 is 4.79 Å². The molecule has 1 amide bonds. The van der Waals surface area contributed by atoms with E-state index in [9.17, 15) is 10.1 Å². The van der Waals surface area contributed by atoms with Gasteiger partial charge in [0.1, 0.15) is 5.41 Å². The molecule has 3 rings (SSSR count). The summed E-state index contributed by atoms with van der Waals surface area (Å²) in [5, 5.41) is 18.3. The van der Waals surface area contributed by atoms with Crippen molar-refractivity contribution >= 4 is 5.91 Å². The lowest BCUT2D eigenvalue weighted by Gasteiger charge is -2.32. The molecule has 0 saturated heterocycles. The third kappa shape index (κ3) is 2.70. The maximum absolute atomic E-state index is 12.9. The molecule has 0 spiro atoms. The lowest BCUT2D eigenvalue weighted by Crippen LogP contribution is -2.43. The fraction of sp³-hybridized carbons (Fsp3) is 0.0455. The van der Waals surface area contributed by atoms with Gasteiger partial charge in [0, 0.05) is 0 Å². The van der Waals surface area contributed by atoms with Crippen LogP contribution < -0.4 is 5.73 Å². The van der Waals surface area contributed by atoms with E-state index in [2.05, 4.69) is 12.1 Å². The number of hydrogen-bond donors (Lipinski definition) is 1. The van der Waals surface area contributed by atoms with Gasteiger partial charge in [-0.3, -0.25) is 4.79 Å². The van der Waals surface area contributed by atoms with Crippen molar-refractivity contribution in [2.45, 2.75) is 5.41 Å². The van der Waals surface area contributed by atoms with Crippen LogP contribution in [0.15, 0.2) is 78.9 Å². The number of nitrogens with zero attached hydrogens (tertiary/aromatic N) is 2. The SMILES string of the molecule is N#Cc1ccc(C(C(N)=O)(c2ccccc2)c2cccc(C#N)c2)cc1. The minimum atomic E-state index is -1.26. The van der Waals surface area contributed by atoms with Crippen molar-refractivity contribution in [3.8, 4) is 12.1 Å². The van der Waals surface area contributed by atoms with Crippen molar-refractivity contribution in [1.29, 1.82) is 10.5 Å². The fourth-order valence-corrected chi connectivity index (χ4v) is 3.23. The van der Waals surface area contributed by atoms with E-state index in [1.165, 1.54) is 0 Å². The van der Waals surface area contributed by atoms with Crippen LogP contribution in [0.2, 0.25) is 0 Å². The van der Waals surface area contributed by atoms with E-state index < -0.39 is 11.3 Å². The third-order valence-corrected chi connectivity index (χ3v) is 4.45. The molecule has 0 heterocycles. The Hall–Kier alpha value is -3.89. The summed E-state index contributed by atoms with van der Waals surface area (Å²) >= 11 is 0. The molecule has 0 bridgehead atoms. The zero-order chi connectivity index (χ0) is 18.6. The highest BCUT2D eigenvalue weighted by Crippen LogP contribution is 2.39. The smallest absolute Gasteiger partial charge is 0.237 e.